The zero-order valence-electron chi connectivity index (χ0n) is 18.9. The van der Waals surface area contributed by atoms with E-state index in [1.54, 1.807) is 48.8 Å². The predicted molar refractivity (Wildman–Crippen MR) is 129 cm³/mol. The summed E-state index contributed by atoms with van der Waals surface area (Å²) in [7, 11) is -3.96. The number of amides is 1. The summed E-state index contributed by atoms with van der Waals surface area (Å²) in [6, 6.07) is 12.7. The van der Waals surface area contributed by atoms with Crippen molar-refractivity contribution in [3.05, 3.63) is 66.5 Å². The van der Waals surface area contributed by atoms with Gasteiger partial charge in [0.2, 0.25) is 5.95 Å². The van der Waals surface area contributed by atoms with Gasteiger partial charge in [0.05, 0.1) is 16.1 Å². The van der Waals surface area contributed by atoms with Crippen molar-refractivity contribution < 1.29 is 22.7 Å². The van der Waals surface area contributed by atoms with Crippen LogP contribution < -0.4 is 24.4 Å². The Kier molecular flexibility index (Phi) is 6.41. The minimum absolute atomic E-state index is 0.0208. The Balaban J connectivity index is 1.26. The number of para-hydroxylation sites is 1. The van der Waals surface area contributed by atoms with Crippen LogP contribution in [-0.2, 0) is 10.0 Å². The van der Waals surface area contributed by atoms with Gasteiger partial charge in [-0.15, -0.1) is 0 Å². The zero-order chi connectivity index (χ0) is 24.3. The van der Waals surface area contributed by atoms with Gasteiger partial charge < -0.3 is 19.7 Å². The Bertz CT molecular complexity index is 1310. The number of hydrogen-bond acceptors (Lipinski definition) is 8. The summed E-state index contributed by atoms with van der Waals surface area (Å²) in [5, 5.41) is 3.04. The first-order valence-electron chi connectivity index (χ1n) is 11.3. The molecule has 2 aliphatic rings. The number of benzene rings is 2. The van der Waals surface area contributed by atoms with E-state index in [4.69, 9.17) is 9.47 Å². The highest BCUT2D eigenvalue weighted by Crippen LogP contribution is 2.33. The number of nitrogens with zero attached hydrogens (tertiary/aromatic N) is 3. The fraction of sp³-hybridized carbons (Fsp3) is 0.292. The van der Waals surface area contributed by atoms with Gasteiger partial charge in [0.15, 0.2) is 11.5 Å². The zero-order valence-corrected chi connectivity index (χ0v) is 19.7. The molecule has 3 heterocycles. The van der Waals surface area contributed by atoms with Crippen LogP contribution in [0.2, 0.25) is 0 Å². The lowest BCUT2D eigenvalue weighted by Gasteiger charge is -2.32. The van der Waals surface area contributed by atoms with Crippen LogP contribution in [0, 0.1) is 0 Å². The Morgan fingerprint density at radius 2 is 1.66 bits per heavy atom. The normalized spacial score (nSPS) is 15.9. The molecule has 0 bridgehead atoms. The summed E-state index contributed by atoms with van der Waals surface area (Å²) in [6.45, 7) is 2.20. The highest BCUT2D eigenvalue weighted by atomic mass is 32.2. The molecule has 0 unspecified atom stereocenters. The first-order chi connectivity index (χ1) is 17.0. The van der Waals surface area contributed by atoms with Crippen LogP contribution in [0.5, 0.6) is 11.5 Å². The molecule has 182 valence electrons. The molecule has 0 atom stereocenters. The van der Waals surface area contributed by atoms with Crippen molar-refractivity contribution in [3.8, 4) is 11.5 Å². The van der Waals surface area contributed by atoms with E-state index in [-0.39, 0.29) is 28.1 Å². The average Bonchev–Trinajstić information content (AvgIpc) is 2.89. The van der Waals surface area contributed by atoms with Gasteiger partial charge in [0.1, 0.15) is 13.2 Å². The fourth-order valence-corrected chi connectivity index (χ4v) is 5.20. The van der Waals surface area contributed by atoms with Crippen molar-refractivity contribution in [2.45, 2.75) is 23.8 Å². The molecule has 0 saturated carbocycles. The van der Waals surface area contributed by atoms with Gasteiger partial charge in [-0.05, 0) is 43.2 Å². The van der Waals surface area contributed by atoms with Gasteiger partial charge in [-0.25, -0.2) is 18.4 Å². The van der Waals surface area contributed by atoms with Gasteiger partial charge in [0, 0.05) is 37.6 Å². The number of hydrogen-bond donors (Lipinski definition) is 2. The van der Waals surface area contributed by atoms with E-state index in [1.807, 2.05) is 0 Å². The van der Waals surface area contributed by atoms with E-state index in [0.717, 1.165) is 12.8 Å². The molecular formula is C24H25N5O5S. The second kappa shape index (κ2) is 9.79. The minimum Gasteiger partial charge on any atom is -0.486 e. The van der Waals surface area contributed by atoms with E-state index in [0.29, 0.717) is 43.8 Å². The van der Waals surface area contributed by atoms with Crippen molar-refractivity contribution in [2.24, 2.45) is 0 Å². The molecule has 0 aliphatic carbocycles. The van der Waals surface area contributed by atoms with Crippen LogP contribution in [-0.4, -0.2) is 56.6 Å². The number of ether oxygens (including phenoxy) is 2. The quantitative estimate of drug-likeness (QED) is 0.535. The molecule has 5 rings (SSSR count). The van der Waals surface area contributed by atoms with Crippen LogP contribution in [0.3, 0.4) is 0 Å². The lowest BCUT2D eigenvalue weighted by Crippen LogP contribution is -2.45. The lowest BCUT2D eigenvalue weighted by molar-refractivity contribution is 0.0932. The summed E-state index contributed by atoms with van der Waals surface area (Å²) in [5.74, 6) is 1.22. The number of anilines is 2. The molecule has 2 aromatic carbocycles. The number of piperidine rings is 1. The van der Waals surface area contributed by atoms with Gasteiger partial charge >= 0.3 is 0 Å². The largest absolute Gasteiger partial charge is 0.486 e. The molecular weight excluding hydrogens is 470 g/mol. The molecule has 3 aromatic rings. The topological polar surface area (TPSA) is 123 Å². The Labute approximate surface area is 203 Å². The van der Waals surface area contributed by atoms with E-state index < -0.39 is 10.0 Å². The molecule has 1 saturated heterocycles. The monoisotopic (exact) mass is 495 g/mol. The minimum atomic E-state index is -3.96. The third-order valence-electron chi connectivity index (χ3n) is 5.91. The second-order valence-electron chi connectivity index (χ2n) is 8.24. The summed E-state index contributed by atoms with van der Waals surface area (Å²) < 4.78 is 39.6. The Morgan fingerprint density at radius 1 is 0.943 bits per heavy atom. The summed E-state index contributed by atoms with van der Waals surface area (Å²) in [6.07, 6.45) is 4.88. The number of nitrogens with one attached hydrogen (secondary N) is 2. The third kappa shape index (κ3) is 5.14. The number of sulfonamides is 1. The summed E-state index contributed by atoms with van der Waals surface area (Å²) in [4.78, 5) is 23.7. The predicted octanol–water partition coefficient (Wildman–Crippen LogP) is 2.45. The SMILES string of the molecule is O=C(NC1CCN(c2ncccn2)CC1)c1ccccc1NS(=O)(=O)c1ccc2c(c1)OCCO2. The fourth-order valence-electron chi connectivity index (χ4n) is 4.11. The standard InChI is InChI=1S/C24H25N5O5S/c30-23(27-17-8-12-29(13-9-17)24-25-10-3-11-26-24)19-4-1-2-5-20(19)28-35(31,32)18-6-7-21-22(16-18)34-15-14-33-21/h1-7,10-11,16-17,28H,8-9,12-15H2,(H,27,30). The van der Waals surface area contributed by atoms with Gasteiger partial charge in [-0.2, -0.15) is 0 Å². The molecule has 0 spiro atoms. The van der Waals surface area contributed by atoms with E-state index >= 15 is 0 Å². The van der Waals surface area contributed by atoms with E-state index in [9.17, 15) is 13.2 Å². The third-order valence-corrected chi connectivity index (χ3v) is 7.27. The van der Waals surface area contributed by atoms with Crippen molar-refractivity contribution in [1.29, 1.82) is 0 Å². The maximum Gasteiger partial charge on any atom is 0.262 e. The van der Waals surface area contributed by atoms with Crippen LogP contribution in [0.15, 0.2) is 65.8 Å². The van der Waals surface area contributed by atoms with Crippen LogP contribution >= 0.6 is 0 Å². The van der Waals surface area contributed by atoms with Crippen LogP contribution in [0.1, 0.15) is 23.2 Å². The molecule has 2 aliphatic heterocycles. The van der Waals surface area contributed by atoms with Crippen LogP contribution in [0.4, 0.5) is 11.6 Å². The Morgan fingerprint density at radius 3 is 2.43 bits per heavy atom. The maximum atomic E-state index is 13.1. The summed E-state index contributed by atoms with van der Waals surface area (Å²) >= 11 is 0. The van der Waals surface area contributed by atoms with Gasteiger partial charge in [-0.1, -0.05) is 12.1 Å². The van der Waals surface area contributed by atoms with E-state index in [1.165, 1.54) is 12.1 Å². The van der Waals surface area contributed by atoms with Gasteiger partial charge in [-0.3, -0.25) is 9.52 Å². The highest BCUT2D eigenvalue weighted by molar-refractivity contribution is 7.92. The molecule has 0 radical (unpaired) electrons. The molecule has 1 fully saturated rings. The molecule has 2 N–H and O–H groups in total. The smallest absolute Gasteiger partial charge is 0.262 e. The number of carbonyl (C=O) groups excluding carboxylic acids is 1. The first kappa shape index (κ1) is 22.9. The number of carbonyl (C=O) groups is 1. The van der Waals surface area contributed by atoms with E-state index in [2.05, 4.69) is 24.9 Å². The first-order valence-corrected chi connectivity index (χ1v) is 12.8. The van der Waals surface area contributed by atoms with Crippen molar-refractivity contribution >= 4 is 27.6 Å². The summed E-state index contributed by atoms with van der Waals surface area (Å²) in [5.41, 5.74) is 0.456. The number of fused-ring (bicyclic) bond motifs is 1. The highest BCUT2D eigenvalue weighted by Gasteiger charge is 2.25. The van der Waals surface area contributed by atoms with Crippen LogP contribution in [0.25, 0.3) is 0 Å². The molecule has 11 heteroatoms. The lowest BCUT2D eigenvalue weighted by atomic mass is 10.0. The number of rotatable bonds is 6. The maximum absolute atomic E-state index is 13.1. The second-order valence-corrected chi connectivity index (χ2v) is 9.92. The average molecular weight is 496 g/mol. The molecule has 1 aromatic heterocycles. The van der Waals surface area contributed by atoms with Crippen molar-refractivity contribution in [1.82, 2.24) is 15.3 Å². The van der Waals surface area contributed by atoms with Gasteiger partial charge in [0.25, 0.3) is 15.9 Å². The van der Waals surface area contributed by atoms with Crippen molar-refractivity contribution in [3.63, 3.8) is 0 Å². The molecule has 35 heavy (non-hydrogen) atoms. The molecule has 1 amide bonds. The van der Waals surface area contributed by atoms with Crippen molar-refractivity contribution in [2.75, 3.05) is 35.9 Å². The Hall–Kier alpha value is -3.86. The molecule has 10 nitrogen and oxygen atoms in total. The number of aromatic nitrogens is 2.